The molecule has 1 aromatic rings. The number of halogens is 2. The van der Waals surface area contributed by atoms with Gasteiger partial charge >= 0.3 is 0 Å². The van der Waals surface area contributed by atoms with Crippen LogP contribution in [0.5, 0.6) is 0 Å². The Balaban J connectivity index is 3.08. The first-order valence-electron chi connectivity index (χ1n) is 6.12. The number of benzene rings is 1. The molecule has 1 amide bonds. The highest BCUT2D eigenvalue weighted by atomic mass is 35.5. The standard InChI is InChI=1S/C12H17Cl2N3O3S/c1-4-17(3)12(18)7(2)16-21(19,20)9-6-5-8(13)11(15)10(9)14/h5-7,16H,4,15H2,1-3H3. The molecular formula is C12H17Cl2N3O3S. The van der Waals surface area contributed by atoms with Gasteiger partial charge in [-0.3, -0.25) is 4.79 Å². The number of sulfonamides is 1. The van der Waals surface area contributed by atoms with E-state index in [9.17, 15) is 13.2 Å². The van der Waals surface area contributed by atoms with E-state index < -0.39 is 16.1 Å². The van der Waals surface area contributed by atoms with Gasteiger partial charge in [-0.05, 0) is 26.0 Å². The van der Waals surface area contributed by atoms with Gasteiger partial charge in [-0.1, -0.05) is 23.2 Å². The molecule has 1 rings (SSSR count). The average Bonchev–Trinajstić information content (AvgIpc) is 2.42. The van der Waals surface area contributed by atoms with Crippen molar-refractivity contribution in [1.82, 2.24) is 9.62 Å². The Bertz CT molecular complexity index is 649. The van der Waals surface area contributed by atoms with Crippen molar-refractivity contribution >= 4 is 44.8 Å². The van der Waals surface area contributed by atoms with Gasteiger partial charge in [-0.2, -0.15) is 4.72 Å². The molecule has 0 spiro atoms. The second kappa shape index (κ2) is 6.83. The van der Waals surface area contributed by atoms with Crippen LogP contribution in [0.25, 0.3) is 0 Å². The summed E-state index contributed by atoms with van der Waals surface area (Å²) in [5.74, 6) is -0.348. The highest BCUT2D eigenvalue weighted by molar-refractivity contribution is 7.89. The number of anilines is 1. The zero-order valence-electron chi connectivity index (χ0n) is 11.9. The summed E-state index contributed by atoms with van der Waals surface area (Å²) in [6.07, 6.45) is 0. The number of nitrogens with one attached hydrogen (secondary N) is 1. The molecular weight excluding hydrogens is 337 g/mol. The lowest BCUT2D eigenvalue weighted by atomic mass is 10.3. The second-order valence-electron chi connectivity index (χ2n) is 4.47. The highest BCUT2D eigenvalue weighted by Gasteiger charge is 2.26. The van der Waals surface area contributed by atoms with Crippen molar-refractivity contribution in [2.24, 2.45) is 0 Å². The van der Waals surface area contributed by atoms with E-state index in [1.165, 1.54) is 24.0 Å². The first kappa shape index (κ1) is 18.0. The van der Waals surface area contributed by atoms with Gasteiger partial charge in [0.1, 0.15) is 4.90 Å². The Morgan fingerprint density at radius 1 is 1.43 bits per heavy atom. The third kappa shape index (κ3) is 4.00. The summed E-state index contributed by atoms with van der Waals surface area (Å²) in [6.45, 7) is 3.72. The molecule has 9 heteroatoms. The number of likely N-dealkylation sites (N-methyl/N-ethyl adjacent to an activating group) is 1. The monoisotopic (exact) mass is 353 g/mol. The molecule has 1 unspecified atom stereocenters. The molecule has 0 aliphatic heterocycles. The Morgan fingerprint density at radius 2 is 2.00 bits per heavy atom. The predicted molar refractivity (Wildman–Crippen MR) is 84.0 cm³/mol. The number of nitrogens with two attached hydrogens (primary N) is 1. The van der Waals surface area contributed by atoms with Gasteiger partial charge in [0.05, 0.1) is 21.8 Å². The summed E-state index contributed by atoms with van der Waals surface area (Å²) in [6, 6.07) is 1.65. The van der Waals surface area contributed by atoms with E-state index in [1.54, 1.807) is 14.0 Å². The Hall–Kier alpha value is -1.02. The summed E-state index contributed by atoms with van der Waals surface area (Å²) in [4.78, 5) is 13.1. The van der Waals surface area contributed by atoms with E-state index in [-0.39, 0.29) is 26.5 Å². The lowest BCUT2D eigenvalue weighted by Crippen LogP contribution is -2.45. The molecule has 3 N–H and O–H groups in total. The molecule has 0 saturated heterocycles. The zero-order chi connectivity index (χ0) is 16.4. The minimum atomic E-state index is -3.98. The lowest BCUT2D eigenvalue weighted by molar-refractivity contribution is -0.131. The predicted octanol–water partition coefficient (Wildman–Crippen LogP) is 1.72. The lowest BCUT2D eigenvalue weighted by Gasteiger charge is -2.21. The van der Waals surface area contributed by atoms with Crippen LogP contribution in [0.1, 0.15) is 13.8 Å². The van der Waals surface area contributed by atoms with Gasteiger partial charge in [0.2, 0.25) is 15.9 Å². The topological polar surface area (TPSA) is 92.5 Å². The van der Waals surface area contributed by atoms with Gasteiger partial charge in [0.25, 0.3) is 0 Å². The van der Waals surface area contributed by atoms with E-state index in [1.807, 2.05) is 0 Å². The summed E-state index contributed by atoms with van der Waals surface area (Å²) in [7, 11) is -2.40. The second-order valence-corrected chi connectivity index (χ2v) is 6.94. The molecule has 1 aromatic carbocycles. The highest BCUT2D eigenvalue weighted by Crippen LogP contribution is 2.33. The van der Waals surface area contributed by atoms with E-state index in [0.717, 1.165) is 0 Å². The Labute approximate surface area is 134 Å². The van der Waals surface area contributed by atoms with E-state index >= 15 is 0 Å². The van der Waals surface area contributed by atoms with Gasteiger partial charge in [-0.15, -0.1) is 0 Å². The van der Waals surface area contributed by atoms with Crippen molar-refractivity contribution in [2.75, 3.05) is 19.3 Å². The fourth-order valence-corrected chi connectivity index (χ4v) is 3.55. The third-order valence-electron chi connectivity index (χ3n) is 2.93. The average molecular weight is 354 g/mol. The van der Waals surface area contributed by atoms with E-state index in [2.05, 4.69) is 4.72 Å². The van der Waals surface area contributed by atoms with Crippen LogP contribution in [0.2, 0.25) is 10.0 Å². The van der Waals surface area contributed by atoms with Crippen LogP contribution in [0.4, 0.5) is 5.69 Å². The van der Waals surface area contributed by atoms with Crippen LogP contribution in [-0.4, -0.2) is 38.9 Å². The summed E-state index contributed by atoms with van der Waals surface area (Å²) in [5.41, 5.74) is 5.59. The Kier molecular flexibility index (Phi) is 5.86. The van der Waals surface area contributed by atoms with Crippen LogP contribution in [0, 0.1) is 0 Å². The molecule has 0 fully saturated rings. The van der Waals surface area contributed by atoms with Crippen LogP contribution >= 0.6 is 23.2 Å². The van der Waals surface area contributed by atoms with E-state index in [0.29, 0.717) is 6.54 Å². The molecule has 21 heavy (non-hydrogen) atoms. The number of carbonyl (C=O) groups excluding carboxylic acids is 1. The molecule has 0 heterocycles. The van der Waals surface area contributed by atoms with Crippen molar-refractivity contribution in [3.05, 3.63) is 22.2 Å². The maximum Gasteiger partial charge on any atom is 0.242 e. The van der Waals surface area contributed by atoms with Gasteiger partial charge in [0.15, 0.2) is 0 Å². The number of carbonyl (C=O) groups is 1. The molecule has 0 bridgehead atoms. The summed E-state index contributed by atoms with van der Waals surface area (Å²) < 4.78 is 26.8. The molecule has 0 saturated carbocycles. The third-order valence-corrected chi connectivity index (χ3v) is 5.37. The van der Waals surface area contributed by atoms with Crippen molar-refractivity contribution in [3.8, 4) is 0 Å². The van der Waals surface area contributed by atoms with Crippen molar-refractivity contribution in [1.29, 1.82) is 0 Å². The molecule has 0 radical (unpaired) electrons. The molecule has 1 atom stereocenters. The number of nitrogens with zero attached hydrogens (tertiary/aromatic N) is 1. The maximum atomic E-state index is 12.3. The van der Waals surface area contributed by atoms with Crippen molar-refractivity contribution < 1.29 is 13.2 Å². The fraction of sp³-hybridized carbons (Fsp3) is 0.417. The van der Waals surface area contributed by atoms with Crippen LogP contribution in [0.15, 0.2) is 17.0 Å². The number of hydrogen-bond donors (Lipinski definition) is 2. The molecule has 6 nitrogen and oxygen atoms in total. The number of rotatable bonds is 5. The summed E-state index contributed by atoms with van der Waals surface area (Å²) in [5, 5.41) is -0.00714. The molecule has 0 aliphatic carbocycles. The quantitative estimate of drug-likeness (QED) is 0.788. The van der Waals surface area contributed by atoms with Gasteiger partial charge in [-0.25, -0.2) is 8.42 Å². The number of hydrogen-bond acceptors (Lipinski definition) is 4. The fourth-order valence-electron chi connectivity index (χ4n) is 1.59. The number of nitrogen functional groups attached to an aromatic ring is 1. The van der Waals surface area contributed by atoms with Crippen LogP contribution in [0.3, 0.4) is 0 Å². The zero-order valence-corrected chi connectivity index (χ0v) is 14.2. The summed E-state index contributed by atoms with van der Waals surface area (Å²) >= 11 is 11.7. The SMILES string of the molecule is CCN(C)C(=O)C(C)NS(=O)(=O)c1ccc(Cl)c(N)c1Cl. The van der Waals surface area contributed by atoms with Crippen LogP contribution in [-0.2, 0) is 14.8 Å². The smallest absolute Gasteiger partial charge is 0.242 e. The largest absolute Gasteiger partial charge is 0.396 e. The Morgan fingerprint density at radius 3 is 2.52 bits per heavy atom. The van der Waals surface area contributed by atoms with Crippen molar-refractivity contribution in [3.63, 3.8) is 0 Å². The maximum absolute atomic E-state index is 12.3. The van der Waals surface area contributed by atoms with Crippen molar-refractivity contribution in [2.45, 2.75) is 24.8 Å². The normalized spacial score (nSPS) is 13.0. The van der Waals surface area contributed by atoms with Crippen LogP contribution < -0.4 is 10.5 Å². The first-order valence-corrected chi connectivity index (χ1v) is 8.36. The van der Waals surface area contributed by atoms with E-state index in [4.69, 9.17) is 28.9 Å². The molecule has 118 valence electrons. The minimum absolute atomic E-state index is 0.0223. The molecule has 0 aromatic heterocycles. The molecule has 0 aliphatic rings. The number of amides is 1. The van der Waals surface area contributed by atoms with Gasteiger partial charge < -0.3 is 10.6 Å². The first-order chi connectivity index (χ1) is 9.61. The minimum Gasteiger partial charge on any atom is -0.396 e. The van der Waals surface area contributed by atoms with Gasteiger partial charge in [0, 0.05) is 13.6 Å².